The molecule has 2 aromatic rings. The first-order valence-corrected chi connectivity index (χ1v) is 8.06. The van der Waals surface area contributed by atoms with E-state index in [0.717, 1.165) is 0 Å². The number of carbonyl (C=O) groups excluding carboxylic acids is 1. The second-order valence-electron chi connectivity index (χ2n) is 5.98. The third kappa shape index (κ3) is 5.07. The molecule has 0 radical (unpaired) electrons. The Morgan fingerprint density at radius 2 is 1.92 bits per heavy atom. The maximum absolute atomic E-state index is 12.3. The Labute approximate surface area is 147 Å². The topological polar surface area (TPSA) is 85.4 Å². The Morgan fingerprint density at radius 1 is 1.16 bits per heavy atom. The lowest BCUT2D eigenvalue weighted by atomic mass is 10.2. The minimum atomic E-state index is -0.222. The zero-order valence-electron chi connectivity index (χ0n) is 15.2. The summed E-state index contributed by atoms with van der Waals surface area (Å²) in [6, 6.07) is 7.02. The minimum absolute atomic E-state index is 0.222. The van der Waals surface area contributed by atoms with Crippen LogP contribution in [0.1, 0.15) is 30.2 Å². The molecule has 1 heterocycles. The number of benzene rings is 1. The number of hydrogen-bond acceptors (Lipinski definition) is 6. The molecule has 0 fully saturated rings. The van der Waals surface area contributed by atoms with Crippen LogP contribution in [0.3, 0.4) is 0 Å². The number of amides is 1. The van der Waals surface area contributed by atoms with Crippen molar-refractivity contribution in [1.29, 1.82) is 0 Å². The predicted molar refractivity (Wildman–Crippen MR) is 96.8 cm³/mol. The minimum Gasteiger partial charge on any atom is -0.497 e. The van der Waals surface area contributed by atoms with E-state index < -0.39 is 0 Å². The summed E-state index contributed by atoms with van der Waals surface area (Å²) in [5.74, 6) is 2.48. The summed E-state index contributed by atoms with van der Waals surface area (Å²) in [4.78, 5) is 20.8. The van der Waals surface area contributed by atoms with E-state index in [1.165, 1.54) is 0 Å². The van der Waals surface area contributed by atoms with Gasteiger partial charge in [-0.3, -0.25) is 4.79 Å². The van der Waals surface area contributed by atoms with Gasteiger partial charge in [-0.15, -0.1) is 0 Å². The van der Waals surface area contributed by atoms with Crippen LogP contribution in [0.15, 0.2) is 24.3 Å². The fraction of sp³-hybridized carbons (Fsp3) is 0.389. The highest BCUT2D eigenvalue weighted by atomic mass is 16.5. The number of rotatable bonds is 7. The van der Waals surface area contributed by atoms with Gasteiger partial charge in [0.15, 0.2) is 0 Å². The lowest BCUT2D eigenvalue weighted by molar-refractivity contribution is 0.0943. The third-order valence-electron chi connectivity index (χ3n) is 3.41. The number of anilines is 2. The van der Waals surface area contributed by atoms with Crippen LogP contribution < -0.4 is 20.1 Å². The maximum Gasteiger partial charge on any atom is 0.270 e. The zero-order chi connectivity index (χ0) is 18.4. The van der Waals surface area contributed by atoms with Crippen molar-refractivity contribution < 1.29 is 14.3 Å². The molecule has 0 atom stereocenters. The van der Waals surface area contributed by atoms with Gasteiger partial charge in [0.25, 0.3) is 5.91 Å². The van der Waals surface area contributed by atoms with E-state index >= 15 is 0 Å². The summed E-state index contributed by atoms with van der Waals surface area (Å²) in [7, 11) is 3.18. The molecule has 2 rings (SSSR count). The van der Waals surface area contributed by atoms with Gasteiger partial charge in [0, 0.05) is 18.7 Å². The number of nitrogens with zero attached hydrogens (tertiary/aromatic N) is 2. The molecule has 1 amide bonds. The van der Waals surface area contributed by atoms with Crippen molar-refractivity contribution in [3.8, 4) is 11.5 Å². The Hall–Kier alpha value is -2.83. The van der Waals surface area contributed by atoms with Gasteiger partial charge in [0.1, 0.15) is 28.8 Å². The van der Waals surface area contributed by atoms with Gasteiger partial charge in [-0.2, -0.15) is 0 Å². The first kappa shape index (κ1) is 18.5. The lowest BCUT2D eigenvalue weighted by Crippen LogP contribution is -2.28. The van der Waals surface area contributed by atoms with Gasteiger partial charge in [0.05, 0.1) is 19.9 Å². The average molecular weight is 344 g/mol. The Balaban J connectivity index is 2.27. The highest BCUT2D eigenvalue weighted by molar-refractivity contribution is 5.93. The molecule has 0 unspecified atom stereocenters. The van der Waals surface area contributed by atoms with Crippen LogP contribution >= 0.6 is 0 Å². The molecule has 0 aliphatic carbocycles. The summed E-state index contributed by atoms with van der Waals surface area (Å²) in [6.45, 7) is 6.41. The van der Waals surface area contributed by atoms with Gasteiger partial charge in [0.2, 0.25) is 0 Å². The number of methoxy groups -OCH3 is 2. The summed E-state index contributed by atoms with van der Waals surface area (Å²) >= 11 is 0. The molecule has 7 heteroatoms. The SMILES string of the molecule is COc1ccc(OC)c(Nc2cc(C(=O)NCC(C)C)nc(C)n2)c1. The number of hydrogen-bond donors (Lipinski definition) is 2. The van der Waals surface area contributed by atoms with E-state index in [0.29, 0.717) is 47.0 Å². The molecule has 2 N–H and O–H groups in total. The third-order valence-corrected chi connectivity index (χ3v) is 3.41. The van der Waals surface area contributed by atoms with E-state index in [4.69, 9.17) is 9.47 Å². The van der Waals surface area contributed by atoms with Gasteiger partial charge in [-0.25, -0.2) is 9.97 Å². The first-order chi connectivity index (χ1) is 11.9. The molecule has 0 saturated heterocycles. The van der Waals surface area contributed by atoms with Gasteiger partial charge in [-0.1, -0.05) is 13.8 Å². The van der Waals surface area contributed by atoms with Gasteiger partial charge in [-0.05, 0) is 25.0 Å². The Bertz CT molecular complexity index is 747. The molecule has 0 aliphatic rings. The van der Waals surface area contributed by atoms with E-state index in [9.17, 15) is 4.79 Å². The maximum atomic E-state index is 12.3. The predicted octanol–water partition coefficient (Wildman–Crippen LogP) is 2.93. The summed E-state index contributed by atoms with van der Waals surface area (Å²) in [6.07, 6.45) is 0. The van der Waals surface area contributed by atoms with Gasteiger partial charge < -0.3 is 20.1 Å². The van der Waals surface area contributed by atoms with Crippen LogP contribution in [-0.2, 0) is 0 Å². The Morgan fingerprint density at radius 3 is 2.56 bits per heavy atom. The highest BCUT2D eigenvalue weighted by Crippen LogP contribution is 2.31. The number of nitrogens with one attached hydrogen (secondary N) is 2. The summed E-state index contributed by atoms with van der Waals surface area (Å²) in [5, 5.41) is 6.02. The molecular weight excluding hydrogens is 320 g/mol. The Kier molecular flexibility index (Phi) is 6.16. The smallest absolute Gasteiger partial charge is 0.270 e. The molecule has 25 heavy (non-hydrogen) atoms. The monoisotopic (exact) mass is 344 g/mol. The number of aromatic nitrogens is 2. The van der Waals surface area contributed by atoms with Crippen molar-refractivity contribution in [3.63, 3.8) is 0 Å². The largest absolute Gasteiger partial charge is 0.497 e. The highest BCUT2D eigenvalue weighted by Gasteiger charge is 2.12. The fourth-order valence-corrected chi connectivity index (χ4v) is 2.19. The lowest BCUT2D eigenvalue weighted by Gasteiger charge is -2.13. The molecule has 0 spiro atoms. The molecule has 1 aromatic carbocycles. The summed E-state index contributed by atoms with van der Waals surface area (Å²) in [5.41, 5.74) is 1.01. The normalized spacial score (nSPS) is 10.5. The van der Waals surface area contributed by atoms with Crippen LogP contribution in [-0.4, -0.2) is 36.6 Å². The van der Waals surface area contributed by atoms with E-state index in [2.05, 4.69) is 20.6 Å². The van der Waals surface area contributed by atoms with Crippen molar-refractivity contribution in [1.82, 2.24) is 15.3 Å². The van der Waals surface area contributed by atoms with Crippen LogP contribution in [0.5, 0.6) is 11.5 Å². The van der Waals surface area contributed by atoms with Crippen molar-refractivity contribution >= 4 is 17.4 Å². The molecule has 0 aliphatic heterocycles. The molecule has 134 valence electrons. The van der Waals surface area contributed by atoms with Crippen molar-refractivity contribution in [2.75, 3.05) is 26.1 Å². The quantitative estimate of drug-likeness (QED) is 0.803. The van der Waals surface area contributed by atoms with Crippen LogP contribution in [0.2, 0.25) is 0 Å². The molecule has 0 bridgehead atoms. The van der Waals surface area contributed by atoms with E-state index in [1.54, 1.807) is 45.4 Å². The molecule has 7 nitrogen and oxygen atoms in total. The standard InChI is InChI=1S/C18H24N4O3/c1-11(2)10-19-18(23)15-9-17(21-12(3)20-15)22-14-8-13(24-4)6-7-16(14)25-5/h6-9,11H,10H2,1-5H3,(H,19,23)(H,20,21,22). The number of carbonyl (C=O) groups is 1. The zero-order valence-corrected chi connectivity index (χ0v) is 15.2. The first-order valence-electron chi connectivity index (χ1n) is 8.06. The van der Waals surface area contributed by atoms with Crippen LogP contribution in [0.25, 0.3) is 0 Å². The van der Waals surface area contributed by atoms with Crippen molar-refractivity contribution in [2.24, 2.45) is 5.92 Å². The van der Waals surface area contributed by atoms with Crippen LogP contribution in [0.4, 0.5) is 11.5 Å². The molecule has 1 aromatic heterocycles. The number of aryl methyl sites for hydroxylation is 1. The molecular formula is C18H24N4O3. The second kappa shape index (κ2) is 8.32. The number of ether oxygens (including phenoxy) is 2. The van der Waals surface area contributed by atoms with Crippen LogP contribution in [0, 0.1) is 12.8 Å². The van der Waals surface area contributed by atoms with Crippen molar-refractivity contribution in [2.45, 2.75) is 20.8 Å². The average Bonchev–Trinajstić information content (AvgIpc) is 2.59. The van der Waals surface area contributed by atoms with Crippen molar-refractivity contribution in [3.05, 3.63) is 35.8 Å². The fourth-order valence-electron chi connectivity index (χ4n) is 2.19. The van der Waals surface area contributed by atoms with Gasteiger partial charge >= 0.3 is 0 Å². The van der Waals surface area contributed by atoms with E-state index in [1.807, 2.05) is 13.8 Å². The molecule has 0 saturated carbocycles. The van der Waals surface area contributed by atoms with E-state index in [-0.39, 0.29) is 5.91 Å². The summed E-state index contributed by atoms with van der Waals surface area (Å²) < 4.78 is 10.6. The second-order valence-corrected chi connectivity index (χ2v) is 5.98.